The number of hydrogen-bond donors (Lipinski definition) is 0. The van der Waals surface area contributed by atoms with Gasteiger partial charge >= 0.3 is 12.1 Å². The van der Waals surface area contributed by atoms with E-state index >= 15 is 4.39 Å². The number of hydrogen-bond acceptors (Lipinski definition) is 7. The number of pyridine rings is 1. The highest BCUT2D eigenvalue weighted by Crippen LogP contribution is 2.49. The Morgan fingerprint density at radius 2 is 1.88 bits per heavy atom. The van der Waals surface area contributed by atoms with Crippen molar-refractivity contribution in [2.24, 2.45) is 5.92 Å². The van der Waals surface area contributed by atoms with Crippen LogP contribution in [0.2, 0.25) is 0 Å². The maximum atomic E-state index is 15.3. The molecule has 238 valence electrons. The number of esters is 1. The second-order valence-electron chi connectivity index (χ2n) is 10.7. The van der Waals surface area contributed by atoms with Crippen LogP contribution in [-0.4, -0.2) is 48.0 Å². The largest absolute Gasteiger partial charge is 0.488 e. The highest BCUT2D eigenvalue weighted by atomic mass is 32.2. The molecule has 2 atom stereocenters. The van der Waals surface area contributed by atoms with E-state index in [1.807, 2.05) is 0 Å². The van der Waals surface area contributed by atoms with Gasteiger partial charge in [-0.15, -0.1) is 0 Å². The van der Waals surface area contributed by atoms with Gasteiger partial charge in [-0.3, -0.25) is 0 Å². The lowest BCUT2D eigenvalue weighted by Gasteiger charge is -2.42. The summed E-state index contributed by atoms with van der Waals surface area (Å²) in [7, 11) is 1.11. The molecule has 0 radical (unpaired) electrons. The van der Waals surface area contributed by atoms with Gasteiger partial charge in [0.15, 0.2) is 16.9 Å². The molecule has 1 aromatic carbocycles. The van der Waals surface area contributed by atoms with Gasteiger partial charge in [0.2, 0.25) is 11.8 Å². The van der Waals surface area contributed by atoms with Crippen LogP contribution in [0.1, 0.15) is 67.1 Å². The fourth-order valence-electron chi connectivity index (χ4n) is 5.13. The number of anilines is 1. The van der Waals surface area contributed by atoms with Gasteiger partial charge in [-0.2, -0.15) is 13.2 Å². The van der Waals surface area contributed by atoms with E-state index in [1.54, 1.807) is 0 Å². The fourth-order valence-corrected chi connectivity index (χ4v) is 5.84. The summed E-state index contributed by atoms with van der Waals surface area (Å²) in [6.07, 6.45) is -5.92. The minimum absolute atomic E-state index is 0.107. The Hall–Kier alpha value is -2.97. The van der Waals surface area contributed by atoms with Crippen molar-refractivity contribution in [3.05, 3.63) is 47.3 Å². The van der Waals surface area contributed by atoms with Crippen molar-refractivity contribution in [1.82, 2.24) is 4.98 Å². The number of nitrogens with zero attached hydrogens (tertiary/aromatic N) is 2. The first-order valence-electron chi connectivity index (χ1n) is 13.5. The van der Waals surface area contributed by atoms with E-state index in [0.717, 1.165) is 19.2 Å². The normalized spacial score (nSPS) is 21.3. The zero-order valence-electron chi connectivity index (χ0n) is 23.2. The molecule has 0 amide bonds. The number of benzene rings is 1. The van der Waals surface area contributed by atoms with E-state index in [2.05, 4.69) is 9.72 Å². The fraction of sp³-hybridized carbons (Fsp3) is 0.571. The summed E-state index contributed by atoms with van der Waals surface area (Å²) in [5, 5.41) is 0. The molecular weight excluding hydrogens is 612 g/mol. The maximum Gasteiger partial charge on any atom is 0.420 e. The van der Waals surface area contributed by atoms with Crippen molar-refractivity contribution in [3.8, 4) is 11.5 Å². The quantitative estimate of drug-likeness (QED) is 0.163. The lowest BCUT2D eigenvalue weighted by atomic mass is 9.89. The lowest BCUT2D eigenvalue weighted by molar-refractivity contribution is -0.139. The number of carbonyl (C=O) groups excluding carboxylic acids is 1. The Kier molecular flexibility index (Phi) is 9.92. The molecule has 1 aromatic heterocycles. The van der Waals surface area contributed by atoms with Crippen LogP contribution in [-0.2, 0) is 17.5 Å². The minimum Gasteiger partial charge on any atom is -0.488 e. The Morgan fingerprint density at radius 1 is 1.19 bits per heavy atom. The van der Waals surface area contributed by atoms with Gasteiger partial charge < -0.3 is 18.6 Å². The minimum atomic E-state index is -4.96. The standard InChI is InChI=1S/C28H30F8N2O4S/c1-26(30,31)8-5-16-14-38(18-6-9-27(32,33)10-7-18)20-12-19(28(34,35)36)21(13-22(20)42-43-24(16)29)41-15-17-4-3-11-37-23(17)25(39)40-2/h3-4,11-13,16,18,24H,5-10,14-15H2,1-2H3. The van der Waals surface area contributed by atoms with E-state index in [-0.39, 0.29) is 60.5 Å². The van der Waals surface area contributed by atoms with E-state index in [0.29, 0.717) is 6.92 Å². The Labute approximate surface area is 247 Å². The smallest absolute Gasteiger partial charge is 0.420 e. The summed E-state index contributed by atoms with van der Waals surface area (Å²) in [6, 6.07) is 3.82. The van der Waals surface area contributed by atoms with E-state index in [9.17, 15) is 35.5 Å². The molecule has 2 aliphatic rings. The Balaban J connectivity index is 1.74. The molecule has 2 heterocycles. The molecule has 15 heteroatoms. The van der Waals surface area contributed by atoms with Crippen LogP contribution in [0.4, 0.5) is 40.8 Å². The Morgan fingerprint density at radius 3 is 2.51 bits per heavy atom. The summed E-state index contributed by atoms with van der Waals surface area (Å²) < 4.78 is 129. The van der Waals surface area contributed by atoms with Crippen LogP contribution in [0.5, 0.6) is 11.5 Å². The van der Waals surface area contributed by atoms with E-state index in [1.165, 1.54) is 23.2 Å². The lowest BCUT2D eigenvalue weighted by Crippen LogP contribution is -2.45. The van der Waals surface area contributed by atoms with Crippen molar-refractivity contribution in [2.45, 2.75) is 81.6 Å². The van der Waals surface area contributed by atoms with Crippen LogP contribution in [0.25, 0.3) is 0 Å². The molecule has 43 heavy (non-hydrogen) atoms. The summed E-state index contributed by atoms with van der Waals surface area (Å²) in [4.78, 5) is 17.3. The van der Waals surface area contributed by atoms with E-state index in [4.69, 9.17) is 8.92 Å². The topological polar surface area (TPSA) is 60.9 Å². The number of aromatic nitrogens is 1. The number of halogens is 8. The average molecular weight is 643 g/mol. The second kappa shape index (κ2) is 12.9. The number of ether oxygens (including phenoxy) is 2. The first kappa shape index (κ1) is 32.9. The van der Waals surface area contributed by atoms with Crippen molar-refractivity contribution in [1.29, 1.82) is 0 Å². The molecule has 1 aliphatic carbocycles. The van der Waals surface area contributed by atoms with Gasteiger partial charge in [-0.25, -0.2) is 31.7 Å². The van der Waals surface area contributed by atoms with Crippen LogP contribution >= 0.6 is 12.0 Å². The first-order chi connectivity index (χ1) is 20.1. The molecule has 6 nitrogen and oxygen atoms in total. The van der Waals surface area contributed by atoms with Crippen LogP contribution in [0.3, 0.4) is 0 Å². The zero-order chi connectivity index (χ0) is 31.6. The monoisotopic (exact) mass is 642 g/mol. The molecular formula is C28H30F8N2O4S. The molecule has 0 saturated heterocycles. The molecule has 1 aliphatic heterocycles. The van der Waals surface area contributed by atoms with Gasteiger partial charge in [-0.05, 0) is 38.3 Å². The van der Waals surface area contributed by atoms with Gasteiger partial charge in [0.1, 0.15) is 12.4 Å². The van der Waals surface area contributed by atoms with Gasteiger partial charge in [0, 0.05) is 55.6 Å². The Bertz CT molecular complexity index is 1280. The summed E-state index contributed by atoms with van der Waals surface area (Å²) in [5.41, 5.74) is -3.25. The summed E-state index contributed by atoms with van der Waals surface area (Å²) >= 11 is 0.282. The third kappa shape index (κ3) is 8.36. The number of fused-ring (bicyclic) bond motifs is 1. The number of carbonyl (C=O) groups is 1. The summed E-state index contributed by atoms with van der Waals surface area (Å²) in [5.74, 6) is -8.89. The SMILES string of the molecule is COC(=O)c1ncccc1COc1cc2c(cc1C(F)(F)F)N(C1CCC(F)(F)CC1)CC(CCC(C)(F)F)C(F)SO2. The van der Waals surface area contributed by atoms with Crippen LogP contribution < -0.4 is 13.8 Å². The van der Waals surface area contributed by atoms with Gasteiger partial charge in [-0.1, -0.05) is 6.07 Å². The predicted molar refractivity (Wildman–Crippen MR) is 142 cm³/mol. The van der Waals surface area contributed by atoms with Crippen LogP contribution in [0, 0.1) is 5.92 Å². The molecule has 2 unspecified atom stereocenters. The predicted octanol–water partition coefficient (Wildman–Crippen LogP) is 8.24. The average Bonchev–Trinajstić information content (AvgIpc) is 2.93. The molecule has 4 rings (SSSR count). The third-order valence-corrected chi connectivity index (χ3v) is 8.29. The maximum absolute atomic E-state index is 15.3. The number of rotatable bonds is 8. The first-order valence-corrected chi connectivity index (χ1v) is 14.3. The van der Waals surface area contributed by atoms with Crippen molar-refractivity contribution >= 4 is 23.7 Å². The second-order valence-corrected chi connectivity index (χ2v) is 11.6. The third-order valence-electron chi connectivity index (χ3n) is 7.44. The highest BCUT2D eigenvalue weighted by Gasteiger charge is 2.43. The van der Waals surface area contributed by atoms with Gasteiger partial charge in [0.25, 0.3) is 0 Å². The van der Waals surface area contributed by atoms with E-state index < -0.39 is 78.6 Å². The van der Waals surface area contributed by atoms with Gasteiger partial charge in [0.05, 0.1) is 30.4 Å². The highest BCUT2D eigenvalue weighted by molar-refractivity contribution is 7.95. The summed E-state index contributed by atoms with van der Waals surface area (Å²) in [6.45, 7) is -0.125. The van der Waals surface area contributed by atoms with Crippen LogP contribution in [0.15, 0.2) is 30.5 Å². The molecule has 1 saturated carbocycles. The zero-order valence-corrected chi connectivity index (χ0v) is 24.1. The molecule has 0 N–H and O–H groups in total. The molecule has 2 aromatic rings. The molecule has 1 fully saturated rings. The van der Waals surface area contributed by atoms with Crippen molar-refractivity contribution in [3.63, 3.8) is 0 Å². The number of methoxy groups -OCH3 is 1. The molecule has 0 bridgehead atoms. The van der Waals surface area contributed by atoms with Crippen molar-refractivity contribution in [2.75, 3.05) is 18.6 Å². The molecule has 0 spiro atoms. The number of alkyl halides is 8. The van der Waals surface area contributed by atoms with Crippen molar-refractivity contribution < 1.29 is 53.6 Å².